The van der Waals surface area contributed by atoms with Crippen molar-refractivity contribution in [1.29, 1.82) is 0 Å². The van der Waals surface area contributed by atoms with Gasteiger partial charge in [0.15, 0.2) is 0 Å². The second-order valence-corrected chi connectivity index (χ2v) is 4.24. The number of rotatable bonds is 4. The van der Waals surface area contributed by atoms with Crippen molar-refractivity contribution < 1.29 is 4.52 Å². The average molecular weight is 267 g/mol. The molecule has 0 saturated carbocycles. The molecule has 5 nitrogen and oxygen atoms in total. The molecule has 0 atom stereocenters. The zero-order valence-electron chi connectivity index (χ0n) is 10.4. The molecule has 0 spiro atoms. The maximum absolute atomic E-state index is 5.88. The van der Waals surface area contributed by atoms with Crippen LogP contribution in [0.1, 0.15) is 13.8 Å². The predicted molar refractivity (Wildman–Crippen MR) is 72.7 cm³/mol. The van der Waals surface area contributed by atoms with Crippen molar-refractivity contribution in [3.63, 3.8) is 0 Å². The molecule has 18 heavy (non-hydrogen) atoms. The van der Waals surface area contributed by atoms with E-state index in [4.69, 9.17) is 21.9 Å². The Labute approximate surface area is 111 Å². The fourth-order valence-electron chi connectivity index (χ4n) is 1.69. The molecule has 96 valence electrons. The Morgan fingerprint density at radius 3 is 2.67 bits per heavy atom. The van der Waals surface area contributed by atoms with Gasteiger partial charge in [-0.15, -0.1) is 0 Å². The topological polar surface area (TPSA) is 68.2 Å². The standard InChI is InChI=1S/C12H15ClN4O/c1-3-17(4-2)12-15-11(18-16-12)9-6-5-8(13)7-10(9)14/h5-7H,3-4,14H2,1-2H3. The second-order valence-electron chi connectivity index (χ2n) is 3.80. The van der Waals surface area contributed by atoms with E-state index < -0.39 is 0 Å². The van der Waals surface area contributed by atoms with E-state index in [1.165, 1.54) is 0 Å². The number of nitrogens with zero attached hydrogens (tertiary/aromatic N) is 3. The number of nitrogen functional groups attached to an aromatic ring is 1. The van der Waals surface area contributed by atoms with E-state index >= 15 is 0 Å². The molecule has 2 rings (SSSR count). The second kappa shape index (κ2) is 5.27. The maximum Gasteiger partial charge on any atom is 0.266 e. The summed E-state index contributed by atoms with van der Waals surface area (Å²) in [6.07, 6.45) is 0. The van der Waals surface area contributed by atoms with Crippen LogP contribution in [-0.2, 0) is 0 Å². The molecule has 0 aliphatic heterocycles. The summed E-state index contributed by atoms with van der Waals surface area (Å²) in [4.78, 5) is 6.34. The first-order chi connectivity index (χ1) is 8.65. The van der Waals surface area contributed by atoms with E-state index in [-0.39, 0.29) is 0 Å². The Hall–Kier alpha value is -1.75. The van der Waals surface area contributed by atoms with Crippen molar-refractivity contribution in [1.82, 2.24) is 10.1 Å². The van der Waals surface area contributed by atoms with Crippen LogP contribution >= 0.6 is 11.6 Å². The van der Waals surface area contributed by atoms with Crippen LogP contribution in [0.4, 0.5) is 11.6 Å². The Kier molecular flexibility index (Phi) is 3.72. The molecular weight excluding hydrogens is 252 g/mol. The first kappa shape index (κ1) is 12.7. The number of benzene rings is 1. The Morgan fingerprint density at radius 2 is 2.06 bits per heavy atom. The molecule has 0 aliphatic carbocycles. The number of aromatic nitrogens is 2. The lowest BCUT2D eigenvalue weighted by Crippen LogP contribution is -2.22. The monoisotopic (exact) mass is 266 g/mol. The Bertz CT molecular complexity index is 537. The van der Waals surface area contributed by atoms with E-state index in [1.54, 1.807) is 18.2 Å². The molecular formula is C12H15ClN4O. The minimum Gasteiger partial charge on any atom is -0.398 e. The van der Waals surface area contributed by atoms with Crippen LogP contribution in [0.2, 0.25) is 5.02 Å². The lowest BCUT2D eigenvalue weighted by Gasteiger charge is -2.14. The summed E-state index contributed by atoms with van der Waals surface area (Å²) >= 11 is 5.85. The molecule has 0 bridgehead atoms. The third-order valence-electron chi connectivity index (χ3n) is 2.71. The van der Waals surface area contributed by atoms with Crippen molar-refractivity contribution in [3.8, 4) is 11.5 Å². The summed E-state index contributed by atoms with van der Waals surface area (Å²) in [5.41, 5.74) is 7.10. The zero-order valence-corrected chi connectivity index (χ0v) is 11.1. The molecule has 0 fully saturated rings. The summed E-state index contributed by atoms with van der Waals surface area (Å²) in [7, 11) is 0. The number of hydrogen-bond acceptors (Lipinski definition) is 5. The number of nitrogens with two attached hydrogens (primary N) is 1. The fourth-order valence-corrected chi connectivity index (χ4v) is 1.87. The van der Waals surface area contributed by atoms with Gasteiger partial charge in [-0.25, -0.2) is 0 Å². The van der Waals surface area contributed by atoms with Gasteiger partial charge in [-0.1, -0.05) is 11.6 Å². The summed E-state index contributed by atoms with van der Waals surface area (Å²) in [5, 5.41) is 4.53. The van der Waals surface area contributed by atoms with Gasteiger partial charge in [0.1, 0.15) is 0 Å². The lowest BCUT2D eigenvalue weighted by molar-refractivity contribution is 0.429. The largest absolute Gasteiger partial charge is 0.398 e. The first-order valence-corrected chi connectivity index (χ1v) is 6.17. The Balaban J connectivity index is 2.34. The SMILES string of the molecule is CCN(CC)c1noc(-c2ccc(Cl)cc2N)n1. The van der Waals surface area contributed by atoms with Crippen molar-refractivity contribution in [2.75, 3.05) is 23.7 Å². The highest BCUT2D eigenvalue weighted by atomic mass is 35.5. The lowest BCUT2D eigenvalue weighted by atomic mass is 10.2. The molecule has 0 saturated heterocycles. The van der Waals surface area contributed by atoms with Crippen LogP contribution in [-0.4, -0.2) is 23.2 Å². The molecule has 1 aromatic carbocycles. The normalized spacial score (nSPS) is 10.6. The highest BCUT2D eigenvalue weighted by molar-refractivity contribution is 6.31. The van der Waals surface area contributed by atoms with Crippen LogP contribution in [0.25, 0.3) is 11.5 Å². The first-order valence-electron chi connectivity index (χ1n) is 5.79. The Morgan fingerprint density at radius 1 is 1.33 bits per heavy atom. The predicted octanol–water partition coefficient (Wildman–Crippen LogP) is 2.82. The van der Waals surface area contributed by atoms with Gasteiger partial charge in [-0.05, 0) is 37.2 Å². The molecule has 1 heterocycles. The molecule has 2 N–H and O–H groups in total. The summed E-state index contributed by atoms with van der Waals surface area (Å²) in [6.45, 7) is 5.73. The van der Waals surface area contributed by atoms with Gasteiger partial charge < -0.3 is 15.2 Å². The van der Waals surface area contributed by atoms with Crippen molar-refractivity contribution in [3.05, 3.63) is 23.2 Å². The maximum atomic E-state index is 5.88. The molecule has 0 amide bonds. The van der Waals surface area contributed by atoms with Gasteiger partial charge in [-0.2, -0.15) is 4.98 Å². The third-order valence-corrected chi connectivity index (χ3v) is 2.94. The summed E-state index contributed by atoms with van der Waals surface area (Å²) in [5.74, 6) is 0.982. The molecule has 0 aliphatic rings. The van der Waals surface area contributed by atoms with E-state index in [1.807, 2.05) is 18.7 Å². The molecule has 0 radical (unpaired) electrons. The van der Waals surface area contributed by atoms with Gasteiger partial charge in [0.2, 0.25) is 0 Å². The van der Waals surface area contributed by atoms with E-state index in [0.29, 0.717) is 28.1 Å². The minimum absolute atomic E-state index is 0.408. The van der Waals surface area contributed by atoms with Crippen LogP contribution in [0.3, 0.4) is 0 Å². The van der Waals surface area contributed by atoms with Crippen molar-refractivity contribution >= 4 is 23.2 Å². The van der Waals surface area contributed by atoms with E-state index in [9.17, 15) is 0 Å². The van der Waals surface area contributed by atoms with Gasteiger partial charge in [0, 0.05) is 23.8 Å². The van der Waals surface area contributed by atoms with E-state index in [0.717, 1.165) is 13.1 Å². The van der Waals surface area contributed by atoms with Gasteiger partial charge in [0.25, 0.3) is 11.8 Å². The summed E-state index contributed by atoms with van der Waals surface area (Å²) in [6, 6.07) is 5.18. The van der Waals surface area contributed by atoms with Crippen LogP contribution in [0, 0.1) is 0 Å². The van der Waals surface area contributed by atoms with Gasteiger partial charge in [-0.3, -0.25) is 0 Å². The average Bonchev–Trinajstić information content (AvgIpc) is 2.80. The van der Waals surface area contributed by atoms with E-state index in [2.05, 4.69) is 10.1 Å². The molecule has 6 heteroatoms. The third kappa shape index (κ3) is 2.41. The highest BCUT2D eigenvalue weighted by Gasteiger charge is 2.14. The molecule has 1 aromatic heterocycles. The van der Waals surface area contributed by atoms with Crippen molar-refractivity contribution in [2.45, 2.75) is 13.8 Å². The van der Waals surface area contributed by atoms with Crippen molar-refractivity contribution in [2.24, 2.45) is 0 Å². The number of anilines is 2. The van der Waals surface area contributed by atoms with Gasteiger partial charge >= 0.3 is 0 Å². The molecule has 0 unspecified atom stereocenters. The quantitative estimate of drug-likeness (QED) is 0.862. The zero-order chi connectivity index (χ0) is 13.1. The fraction of sp³-hybridized carbons (Fsp3) is 0.333. The van der Waals surface area contributed by atoms with Gasteiger partial charge in [0.05, 0.1) is 5.56 Å². The summed E-state index contributed by atoms with van der Waals surface area (Å²) < 4.78 is 5.23. The van der Waals surface area contributed by atoms with Crippen LogP contribution < -0.4 is 10.6 Å². The van der Waals surface area contributed by atoms with Crippen LogP contribution in [0.15, 0.2) is 22.7 Å². The smallest absolute Gasteiger partial charge is 0.266 e. The van der Waals surface area contributed by atoms with Crippen LogP contribution in [0.5, 0.6) is 0 Å². The number of halogens is 1. The minimum atomic E-state index is 0.408. The molecule has 2 aromatic rings. The highest BCUT2D eigenvalue weighted by Crippen LogP contribution is 2.28. The number of hydrogen-bond donors (Lipinski definition) is 1.